The molecular weight excluding hydrogens is 283 g/mol. The number of hydrogen-bond acceptors (Lipinski definition) is 3. The Hall–Kier alpha value is -2.69. The fraction of sp³-hybridized carbons (Fsp3) is 0.176. The van der Waals surface area contributed by atoms with E-state index in [0.29, 0.717) is 6.54 Å². The standard InChI is InChI=1S/C17H17FN2O2/c1-13-11-20-16(18)10-15(13)8-5-9-19-17(21)22-12-14-6-3-2-4-7-14/h2-8,10-11H,9,12H2,1H3,(H,19,21). The van der Waals surface area contributed by atoms with E-state index in [1.807, 2.05) is 37.3 Å². The Morgan fingerprint density at radius 1 is 1.36 bits per heavy atom. The number of ether oxygens (including phenoxy) is 1. The first-order valence-corrected chi connectivity index (χ1v) is 6.88. The van der Waals surface area contributed by atoms with Crippen LogP contribution in [-0.4, -0.2) is 17.6 Å². The number of amides is 1. The van der Waals surface area contributed by atoms with Gasteiger partial charge in [0.25, 0.3) is 0 Å². The molecule has 0 radical (unpaired) electrons. The van der Waals surface area contributed by atoms with Crippen molar-refractivity contribution in [3.63, 3.8) is 0 Å². The molecular formula is C17H17FN2O2. The van der Waals surface area contributed by atoms with Crippen LogP contribution in [0, 0.1) is 12.9 Å². The minimum absolute atomic E-state index is 0.227. The van der Waals surface area contributed by atoms with E-state index in [1.165, 1.54) is 12.3 Å². The molecule has 0 fully saturated rings. The first kappa shape index (κ1) is 15.7. The highest BCUT2D eigenvalue weighted by atomic mass is 19.1. The number of halogens is 1. The zero-order chi connectivity index (χ0) is 15.8. The number of benzene rings is 1. The highest BCUT2D eigenvalue weighted by molar-refractivity contribution is 5.67. The van der Waals surface area contributed by atoms with Crippen molar-refractivity contribution < 1.29 is 13.9 Å². The predicted octanol–water partition coefficient (Wildman–Crippen LogP) is 3.47. The number of hydrogen-bond donors (Lipinski definition) is 1. The van der Waals surface area contributed by atoms with Crippen molar-refractivity contribution >= 4 is 12.2 Å². The molecule has 1 aromatic carbocycles. The molecule has 0 saturated carbocycles. The molecule has 114 valence electrons. The van der Waals surface area contributed by atoms with Crippen molar-refractivity contribution in [3.8, 4) is 0 Å². The summed E-state index contributed by atoms with van der Waals surface area (Å²) in [6.07, 6.45) is 4.44. The van der Waals surface area contributed by atoms with Crippen LogP contribution in [0.4, 0.5) is 9.18 Å². The fourth-order valence-corrected chi connectivity index (χ4v) is 1.79. The van der Waals surface area contributed by atoms with Crippen molar-refractivity contribution in [2.75, 3.05) is 6.54 Å². The highest BCUT2D eigenvalue weighted by Gasteiger charge is 2.01. The maximum Gasteiger partial charge on any atom is 0.407 e. The lowest BCUT2D eigenvalue weighted by Crippen LogP contribution is -2.24. The number of aryl methyl sites for hydroxylation is 1. The van der Waals surface area contributed by atoms with Crippen LogP contribution in [0.2, 0.25) is 0 Å². The topological polar surface area (TPSA) is 51.2 Å². The molecule has 0 aliphatic carbocycles. The van der Waals surface area contributed by atoms with Crippen LogP contribution in [-0.2, 0) is 11.3 Å². The number of carbonyl (C=O) groups excluding carboxylic acids is 1. The van der Waals surface area contributed by atoms with E-state index in [2.05, 4.69) is 10.3 Å². The van der Waals surface area contributed by atoms with Gasteiger partial charge in [-0.1, -0.05) is 42.5 Å². The van der Waals surface area contributed by atoms with Gasteiger partial charge >= 0.3 is 6.09 Å². The normalized spacial score (nSPS) is 10.6. The number of nitrogens with one attached hydrogen (secondary N) is 1. The largest absolute Gasteiger partial charge is 0.445 e. The van der Waals surface area contributed by atoms with E-state index in [0.717, 1.165) is 16.7 Å². The van der Waals surface area contributed by atoms with E-state index in [-0.39, 0.29) is 6.61 Å². The monoisotopic (exact) mass is 300 g/mol. The molecule has 2 rings (SSSR count). The van der Waals surface area contributed by atoms with Crippen molar-refractivity contribution in [2.45, 2.75) is 13.5 Å². The molecule has 0 saturated heterocycles. The van der Waals surface area contributed by atoms with Crippen LogP contribution >= 0.6 is 0 Å². The first-order chi connectivity index (χ1) is 10.6. The predicted molar refractivity (Wildman–Crippen MR) is 82.6 cm³/mol. The second-order valence-electron chi connectivity index (χ2n) is 4.71. The molecule has 0 spiro atoms. The van der Waals surface area contributed by atoms with Crippen LogP contribution in [0.3, 0.4) is 0 Å². The molecule has 5 heteroatoms. The SMILES string of the molecule is Cc1cnc(F)cc1C=CCNC(=O)OCc1ccccc1. The lowest BCUT2D eigenvalue weighted by Gasteiger charge is -2.05. The summed E-state index contributed by atoms with van der Waals surface area (Å²) in [7, 11) is 0. The molecule has 4 nitrogen and oxygen atoms in total. The van der Waals surface area contributed by atoms with E-state index in [9.17, 15) is 9.18 Å². The molecule has 0 atom stereocenters. The van der Waals surface area contributed by atoms with Gasteiger partial charge in [0.05, 0.1) is 0 Å². The molecule has 0 unspecified atom stereocenters. The van der Waals surface area contributed by atoms with Gasteiger partial charge in [-0.25, -0.2) is 9.78 Å². The third kappa shape index (κ3) is 5.01. The van der Waals surface area contributed by atoms with Gasteiger partial charge in [-0.3, -0.25) is 0 Å². The maximum absolute atomic E-state index is 13.0. The van der Waals surface area contributed by atoms with Gasteiger partial charge < -0.3 is 10.1 Å². The third-order valence-corrected chi connectivity index (χ3v) is 2.99. The number of alkyl carbamates (subject to hydrolysis) is 1. The van der Waals surface area contributed by atoms with E-state index >= 15 is 0 Å². The zero-order valence-corrected chi connectivity index (χ0v) is 12.3. The van der Waals surface area contributed by atoms with Crippen molar-refractivity contribution in [3.05, 3.63) is 71.3 Å². The van der Waals surface area contributed by atoms with Gasteiger partial charge in [-0.05, 0) is 23.6 Å². The van der Waals surface area contributed by atoms with Gasteiger partial charge in [0.2, 0.25) is 5.95 Å². The Labute approximate surface area is 128 Å². The summed E-state index contributed by atoms with van der Waals surface area (Å²) in [4.78, 5) is 15.1. The number of aromatic nitrogens is 1. The van der Waals surface area contributed by atoms with E-state index in [4.69, 9.17) is 4.74 Å². The third-order valence-electron chi connectivity index (χ3n) is 2.99. The summed E-state index contributed by atoms with van der Waals surface area (Å²) < 4.78 is 18.1. The van der Waals surface area contributed by atoms with Crippen LogP contribution in [0.15, 0.2) is 48.7 Å². The lowest BCUT2D eigenvalue weighted by molar-refractivity contribution is 0.141. The van der Waals surface area contributed by atoms with Crippen LogP contribution < -0.4 is 5.32 Å². The van der Waals surface area contributed by atoms with E-state index in [1.54, 1.807) is 12.2 Å². The molecule has 1 N–H and O–H groups in total. The average Bonchev–Trinajstić information content (AvgIpc) is 2.53. The smallest absolute Gasteiger partial charge is 0.407 e. The molecule has 0 aliphatic rings. The molecule has 22 heavy (non-hydrogen) atoms. The summed E-state index contributed by atoms with van der Waals surface area (Å²) in [5.41, 5.74) is 2.52. The quantitative estimate of drug-likeness (QED) is 0.860. The fourth-order valence-electron chi connectivity index (χ4n) is 1.79. The lowest BCUT2D eigenvalue weighted by atomic mass is 10.1. The number of carbonyl (C=O) groups is 1. The van der Waals surface area contributed by atoms with Crippen LogP contribution in [0.25, 0.3) is 6.08 Å². The van der Waals surface area contributed by atoms with Gasteiger partial charge in [-0.2, -0.15) is 4.39 Å². The molecule has 1 amide bonds. The summed E-state index contributed by atoms with van der Waals surface area (Å²) in [5.74, 6) is -0.527. The molecule has 1 heterocycles. The van der Waals surface area contributed by atoms with Gasteiger partial charge in [0, 0.05) is 18.8 Å². The summed E-state index contributed by atoms with van der Waals surface area (Å²) >= 11 is 0. The summed E-state index contributed by atoms with van der Waals surface area (Å²) in [6, 6.07) is 10.8. The Bertz CT molecular complexity index is 657. The number of pyridine rings is 1. The maximum atomic E-state index is 13.0. The van der Waals surface area contributed by atoms with Crippen molar-refractivity contribution in [2.24, 2.45) is 0 Å². The van der Waals surface area contributed by atoms with Gasteiger partial charge in [0.15, 0.2) is 0 Å². The Morgan fingerprint density at radius 2 is 2.14 bits per heavy atom. The number of rotatable bonds is 5. The van der Waals surface area contributed by atoms with Crippen LogP contribution in [0.5, 0.6) is 0 Å². The molecule has 2 aromatic rings. The molecule has 1 aromatic heterocycles. The van der Waals surface area contributed by atoms with Crippen molar-refractivity contribution in [1.82, 2.24) is 10.3 Å². The molecule has 0 bridgehead atoms. The number of nitrogens with zero attached hydrogens (tertiary/aromatic N) is 1. The zero-order valence-electron chi connectivity index (χ0n) is 12.3. The summed E-state index contributed by atoms with van der Waals surface area (Å²) in [5, 5.41) is 2.60. The highest BCUT2D eigenvalue weighted by Crippen LogP contribution is 2.09. The minimum atomic E-state index is -0.527. The first-order valence-electron chi connectivity index (χ1n) is 6.88. The Kier molecular flexibility index (Phi) is 5.65. The van der Waals surface area contributed by atoms with E-state index < -0.39 is 12.0 Å². The van der Waals surface area contributed by atoms with Gasteiger partial charge in [0.1, 0.15) is 6.61 Å². The summed E-state index contributed by atoms with van der Waals surface area (Å²) in [6.45, 7) is 2.37. The Balaban J connectivity index is 1.75. The second kappa shape index (κ2) is 7.93. The van der Waals surface area contributed by atoms with Crippen molar-refractivity contribution in [1.29, 1.82) is 0 Å². The Morgan fingerprint density at radius 3 is 2.91 bits per heavy atom. The van der Waals surface area contributed by atoms with Crippen LogP contribution in [0.1, 0.15) is 16.7 Å². The second-order valence-corrected chi connectivity index (χ2v) is 4.71. The van der Waals surface area contributed by atoms with Gasteiger partial charge in [-0.15, -0.1) is 0 Å². The minimum Gasteiger partial charge on any atom is -0.445 e. The average molecular weight is 300 g/mol. The molecule has 0 aliphatic heterocycles.